The first-order chi connectivity index (χ1) is 10.6. The van der Waals surface area contributed by atoms with Crippen molar-refractivity contribution < 1.29 is 23.8 Å². The average Bonchev–Trinajstić information content (AvgIpc) is 3.02. The van der Waals surface area contributed by atoms with Crippen molar-refractivity contribution in [1.29, 1.82) is 0 Å². The number of benzene rings is 1. The molecule has 7 heteroatoms. The monoisotopic (exact) mass is 306 g/mol. The molecule has 22 heavy (non-hydrogen) atoms. The van der Waals surface area contributed by atoms with Gasteiger partial charge in [0.25, 0.3) is 5.91 Å². The molecule has 0 aliphatic carbocycles. The average molecular weight is 306 g/mol. The minimum absolute atomic E-state index is 0.0302. The summed E-state index contributed by atoms with van der Waals surface area (Å²) < 4.78 is 15.5. The number of nitrogens with zero attached hydrogens (tertiary/aromatic N) is 1. The Morgan fingerprint density at radius 3 is 3.00 bits per heavy atom. The summed E-state index contributed by atoms with van der Waals surface area (Å²) in [7, 11) is 1.29. The highest BCUT2D eigenvalue weighted by atomic mass is 16.5. The summed E-state index contributed by atoms with van der Waals surface area (Å²) in [5.41, 5.74) is 6.91. The third-order valence-electron chi connectivity index (χ3n) is 3.94. The van der Waals surface area contributed by atoms with Gasteiger partial charge in [-0.25, -0.2) is 4.79 Å². The van der Waals surface area contributed by atoms with E-state index in [4.69, 9.17) is 19.9 Å². The van der Waals surface area contributed by atoms with Crippen molar-refractivity contribution in [1.82, 2.24) is 0 Å². The molecule has 1 aromatic carbocycles. The predicted molar refractivity (Wildman–Crippen MR) is 79.0 cm³/mol. The van der Waals surface area contributed by atoms with Crippen LogP contribution in [0.1, 0.15) is 16.8 Å². The lowest BCUT2D eigenvalue weighted by atomic mass is 10.1. The molecule has 3 rings (SSSR count). The van der Waals surface area contributed by atoms with Crippen LogP contribution in [0.4, 0.5) is 11.4 Å². The van der Waals surface area contributed by atoms with Crippen molar-refractivity contribution in [2.75, 3.05) is 44.1 Å². The van der Waals surface area contributed by atoms with E-state index >= 15 is 0 Å². The maximum Gasteiger partial charge on any atom is 0.340 e. The van der Waals surface area contributed by atoms with Crippen molar-refractivity contribution in [3.05, 3.63) is 17.7 Å². The Morgan fingerprint density at radius 2 is 2.32 bits per heavy atom. The molecule has 0 aromatic heterocycles. The largest absolute Gasteiger partial charge is 0.481 e. The van der Waals surface area contributed by atoms with Gasteiger partial charge in [0.05, 0.1) is 25.0 Å². The van der Waals surface area contributed by atoms with E-state index in [0.717, 1.165) is 6.42 Å². The lowest BCUT2D eigenvalue weighted by Crippen LogP contribution is -2.42. The van der Waals surface area contributed by atoms with Gasteiger partial charge in [0, 0.05) is 30.8 Å². The van der Waals surface area contributed by atoms with E-state index in [-0.39, 0.29) is 29.7 Å². The second-order valence-corrected chi connectivity index (χ2v) is 5.42. The van der Waals surface area contributed by atoms with E-state index in [0.29, 0.717) is 31.2 Å². The minimum Gasteiger partial charge on any atom is -0.481 e. The van der Waals surface area contributed by atoms with Crippen LogP contribution in [0.15, 0.2) is 12.1 Å². The topological polar surface area (TPSA) is 91.1 Å². The zero-order chi connectivity index (χ0) is 15.7. The smallest absolute Gasteiger partial charge is 0.340 e. The lowest BCUT2D eigenvalue weighted by molar-refractivity contribution is -0.121. The summed E-state index contributed by atoms with van der Waals surface area (Å²) in [6, 6.07) is 3.12. The first kappa shape index (κ1) is 14.6. The highest BCUT2D eigenvalue weighted by Crippen LogP contribution is 2.37. The molecular formula is C15H18N2O5. The van der Waals surface area contributed by atoms with Gasteiger partial charge in [-0.2, -0.15) is 0 Å². The molecule has 7 nitrogen and oxygen atoms in total. The van der Waals surface area contributed by atoms with Crippen LogP contribution < -0.4 is 15.4 Å². The van der Waals surface area contributed by atoms with Gasteiger partial charge in [0.2, 0.25) is 0 Å². The predicted octanol–water partition coefficient (Wildman–Crippen LogP) is 0.817. The van der Waals surface area contributed by atoms with Gasteiger partial charge in [0.1, 0.15) is 5.75 Å². The van der Waals surface area contributed by atoms with Gasteiger partial charge < -0.3 is 24.8 Å². The SMILES string of the molecule is COC(=O)c1cc2c(cc1N)OCC(=O)N2C[C@@H]1CCOC1. The molecule has 2 heterocycles. The number of methoxy groups -OCH3 is 1. The number of amides is 1. The molecule has 0 radical (unpaired) electrons. The number of anilines is 2. The van der Waals surface area contributed by atoms with Crippen molar-refractivity contribution in [2.45, 2.75) is 6.42 Å². The molecule has 2 aliphatic heterocycles. The molecule has 2 N–H and O–H groups in total. The molecule has 0 spiro atoms. The third kappa shape index (κ3) is 2.59. The molecule has 0 bridgehead atoms. The fraction of sp³-hybridized carbons (Fsp3) is 0.467. The van der Waals surface area contributed by atoms with Gasteiger partial charge >= 0.3 is 5.97 Å². The summed E-state index contributed by atoms with van der Waals surface area (Å²) in [5, 5.41) is 0. The van der Waals surface area contributed by atoms with Crippen molar-refractivity contribution in [3.63, 3.8) is 0 Å². The Kier molecular flexibility index (Phi) is 3.89. The zero-order valence-electron chi connectivity index (χ0n) is 12.3. The van der Waals surface area contributed by atoms with Crippen LogP contribution in [0.25, 0.3) is 0 Å². The van der Waals surface area contributed by atoms with E-state index in [1.807, 2.05) is 0 Å². The van der Waals surface area contributed by atoms with E-state index in [9.17, 15) is 9.59 Å². The molecule has 1 atom stereocenters. The molecule has 118 valence electrons. The van der Waals surface area contributed by atoms with Crippen molar-refractivity contribution >= 4 is 23.3 Å². The van der Waals surface area contributed by atoms with Crippen LogP contribution in [0, 0.1) is 5.92 Å². The normalized spacial score (nSPS) is 20.5. The number of hydrogen-bond donors (Lipinski definition) is 1. The Morgan fingerprint density at radius 1 is 1.50 bits per heavy atom. The summed E-state index contributed by atoms with van der Waals surface area (Å²) in [4.78, 5) is 25.6. The first-order valence-corrected chi connectivity index (χ1v) is 7.13. The Labute approximate surface area is 127 Å². The first-order valence-electron chi connectivity index (χ1n) is 7.13. The number of rotatable bonds is 3. The van der Waals surface area contributed by atoms with Crippen LogP contribution in [0.2, 0.25) is 0 Å². The standard InChI is InChI=1S/C15H18N2O5/c1-20-15(19)10-4-12-13(5-11(10)16)22-8-14(18)17(12)6-9-2-3-21-7-9/h4-5,9H,2-3,6-8,16H2,1H3/t9-/m0/s1. The maximum atomic E-state index is 12.2. The van der Waals surface area contributed by atoms with Crippen molar-refractivity contribution in [2.24, 2.45) is 5.92 Å². The van der Waals surface area contributed by atoms with Crippen LogP contribution in [0.3, 0.4) is 0 Å². The fourth-order valence-electron chi connectivity index (χ4n) is 2.73. The van der Waals surface area contributed by atoms with Gasteiger partial charge in [0.15, 0.2) is 6.61 Å². The van der Waals surface area contributed by atoms with E-state index < -0.39 is 5.97 Å². The second-order valence-electron chi connectivity index (χ2n) is 5.42. The maximum absolute atomic E-state index is 12.2. The molecule has 1 saturated heterocycles. The Hall–Kier alpha value is -2.28. The Bertz CT molecular complexity index is 610. The molecule has 0 unspecified atom stereocenters. The van der Waals surface area contributed by atoms with Gasteiger partial charge in [-0.3, -0.25) is 4.79 Å². The van der Waals surface area contributed by atoms with Crippen LogP contribution in [-0.4, -0.2) is 45.4 Å². The number of hydrogen-bond acceptors (Lipinski definition) is 6. The lowest BCUT2D eigenvalue weighted by Gasteiger charge is -2.31. The second kappa shape index (κ2) is 5.84. The van der Waals surface area contributed by atoms with Crippen LogP contribution in [0.5, 0.6) is 5.75 Å². The number of nitrogens with two attached hydrogens (primary N) is 1. The third-order valence-corrected chi connectivity index (χ3v) is 3.94. The van der Waals surface area contributed by atoms with Crippen LogP contribution in [-0.2, 0) is 14.3 Å². The molecule has 1 amide bonds. The van der Waals surface area contributed by atoms with Gasteiger partial charge in [-0.05, 0) is 12.5 Å². The Balaban J connectivity index is 1.96. The molecule has 2 aliphatic rings. The molecule has 0 saturated carbocycles. The van der Waals surface area contributed by atoms with Crippen molar-refractivity contribution in [3.8, 4) is 5.75 Å². The number of fused-ring (bicyclic) bond motifs is 1. The quantitative estimate of drug-likeness (QED) is 0.656. The summed E-state index contributed by atoms with van der Waals surface area (Å²) in [6.07, 6.45) is 0.915. The molecule has 1 aromatic rings. The number of nitrogen functional groups attached to an aromatic ring is 1. The molecule has 1 fully saturated rings. The van der Waals surface area contributed by atoms with E-state index in [2.05, 4.69) is 0 Å². The molecular weight excluding hydrogens is 288 g/mol. The fourth-order valence-corrected chi connectivity index (χ4v) is 2.73. The highest BCUT2D eigenvalue weighted by molar-refractivity contribution is 6.02. The van der Waals surface area contributed by atoms with Crippen LogP contribution >= 0.6 is 0 Å². The zero-order valence-corrected chi connectivity index (χ0v) is 12.3. The summed E-state index contributed by atoms with van der Waals surface area (Å²) in [5.74, 6) is 0.111. The summed E-state index contributed by atoms with van der Waals surface area (Å²) >= 11 is 0. The van der Waals surface area contributed by atoms with E-state index in [1.165, 1.54) is 7.11 Å². The number of ether oxygens (including phenoxy) is 3. The minimum atomic E-state index is -0.539. The summed E-state index contributed by atoms with van der Waals surface area (Å²) in [6.45, 7) is 1.86. The van der Waals surface area contributed by atoms with Gasteiger partial charge in [-0.15, -0.1) is 0 Å². The highest BCUT2D eigenvalue weighted by Gasteiger charge is 2.31. The number of carbonyl (C=O) groups excluding carboxylic acids is 2. The number of carbonyl (C=O) groups is 2. The van der Waals surface area contributed by atoms with Gasteiger partial charge in [-0.1, -0.05) is 0 Å². The number of esters is 1. The van der Waals surface area contributed by atoms with E-state index in [1.54, 1.807) is 17.0 Å².